The summed E-state index contributed by atoms with van der Waals surface area (Å²) in [5, 5.41) is 15.2. The number of benzene rings is 1. The van der Waals surface area contributed by atoms with E-state index in [0.717, 1.165) is 11.3 Å². The fourth-order valence-corrected chi connectivity index (χ4v) is 2.68. The first-order valence-corrected chi connectivity index (χ1v) is 7.61. The number of urea groups is 1. The lowest BCUT2D eigenvalue weighted by Crippen LogP contribution is -2.41. The number of pyridine rings is 1. The lowest BCUT2D eigenvalue weighted by Gasteiger charge is -2.33. The highest BCUT2D eigenvalue weighted by molar-refractivity contribution is 5.89. The second-order valence-corrected chi connectivity index (χ2v) is 5.45. The summed E-state index contributed by atoms with van der Waals surface area (Å²) in [5.74, 6) is 0.924. The van der Waals surface area contributed by atoms with Gasteiger partial charge in [0.2, 0.25) is 5.88 Å². The van der Waals surface area contributed by atoms with Crippen molar-refractivity contribution in [2.75, 3.05) is 25.6 Å². The number of nitrogens with one attached hydrogen (secondary N) is 2. The van der Waals surface area contributed by atoms with Crippen molar-refractivity contribution in [3.05, 3.63) is 48.2 Å². The minimum absolute atomic E-state index is 0.0810. The van der Waals surface area contributed by atoms with E-state index in [1.54, 1.807) is 18.3 Å². The Kier molecular flexibility index (Phi) is 4.81. The molecule has 1 aromatic heterocycles. The van der Waals surface area contributed by atoms with Crippen molar-refractivity contribution >= 4 is 11.7 Å². The van der Waals surface area contributed by atoms with E-state index >= 15 is 0 Å². The molecule has 7 nitrogen and oxygen atoms in total. The van der Waals surface area contributed by atoms with Gasteiger partial charge in [0.25, 0.3) is 0 Å². The Balaban J connectivity index is 1.74. The van der Waals surface area contributed by atoms with Gasteiger partial charge in [0.1, 0.15) is 5.75 Å². The largest absolute Gasteiger partial charge is 0.493 e. The number of aliphatic hydroxyl groups excluding tert-OH is 1. The van der Waals surface area contributed by atoms with E-state index in [2.05, 4.69) is 15.6 Å². The summed E-state index contributed by atoms with van der Waals surface area (Å²) in [7, 11) is 1.51. The molecule has 1 aliphatic heterocycles. The van der Waals surface area contributed by atoms with Gasteiger partial charge in [-0.3, -0.25) is 0 Å². The molecular weight excluding hydrogens is 310 g/mol. The third-order valence-electron chi connectivity index (χ3n) is 3.90. The number of aliphatic hydroxyl groups is 1. The van der Waals surface area contributed by atoms with Gasteiger partial charge in [-0.25, -0.2) is 9.78 Å². The van der Waals surface area contributed by atoms with Crippen LogP contribution in [0.1, 0.15) is 11.6 Å². The van der Waals surface area contributed by atoms with Gasteiger partial charge in [0, 0.05) is 29.4 Å². The molecule has 0 unspecified atom stereocenters. The standard InChI is InChI=1S/C17H19N3O4/c1-23-15-8-12(6-7-18-15)19-17(22)20-16-11(9-21)10-24-14-5-3-2-4-13(14)16/h2-8,11,16,21H,9-10H2,1H3,(H2,18,19,20,22)/t11-,16-/m1/s1. The van der Waals surface area contributed by atoms with E-state index in [1.807, 2.05) is 24.3 Å². The molecule has 0 aliphatic carbocycles. The van der Waals surface area contributed by atoms with Crippen molar-refractivity contribution < 1.29 is 19.4 Å². The molecule has 0 bridgehead atoms. The molecule has 2 amide bonds. The van der Waals surface area contributed by atoms with E-state index in [-0.39, 0.29) is 24.6 Å². The number of methoxy groups -OCH3 is 1. The number of carbonyl (C=O) groups is 1. The molecule has 2 heterocycles. The third kappa shape index (κ3) is 3.41. The zero-order valence-electron chi connectivity index (χ0n) is 13.2. The quantitative estimate of drug-likeness (QED) is 0.797. The van der Waals surface area contributed by atoms with Crippen molar-refractivity contribution in [3.8, 4) is 11.6 Å². The summed E-state index contributed by atoms with van der Waals surface area (Å²) in [6, 6.07) is 10.1. The van der Waals surface area contributed by atoms with Gasteiger partial charge in [0.05, 0.1) is 26.4 Å². The number of ether oxygens (including phenoxy) is 2. The van der Waals surface area contributed by atoms with Crippen LogP contribution in [0.5, 0.6) is 11.6 Å². The molecule has 0 saturated heterocycles. The van der Waals surface area contributed by atoms with Crippen LogP contribution in [0.2, 0.25) is 0 Å². The van der Waals surface area contributed by atoms with Gasteiger partial charge in [-0.2, -0.15) is 0 Å². The molecule has 3 N–H and O–H groups in total. The molecule has 0 fully saturated rings. The van der Waals surface area contributed by atoms with Crippen LogP contribution >= 0.6 is 0 Å². The van der Waals surface area contributed by atoms with Gasteiger partial charge in [-0.15, -0.1) is 0 Å². The summed E-state index contributed by atoms with van der Waals surface area (Å²) in [5.41, 5.74) is 1.42. The smallest absolute Gasteiger partial charge is 0.319 e. The highest BCUT2D eigenvalue weighted by Crippen LogP contribution is 2.35. The Hall–Kier alpha value is -2.80. The Morgan fingerprint density at radius 1 is 1.42 bits per heavy atom. The van der Waals surface area contributed by atoms with Gasteiger partial charge in [-0.05, 0) is 12.1 Å². The van der Waals surface area contributed by atoms with E-state index < -0.39 is 0 Å². The molecular formula is C17H19N3O4. The van der Waals surface area contributed by atoms with Crippen LogP contribution in [0.4, 0.5) is 10.5 Å². The first-order valence-electron chi connectivity index (χ1n) is 7.61. The lowest BCUT2D eigenvalue weighted by molar-refractivity contribution is 0.114. The number of para-hydroxylation sites is 1. The van der Waals surface area contributed by atoms with Crippen LogP contribution in [-0.2, 0) is 0 Å². The van der Waals surface area contributed by atoms with Gasteiger partial charge < -0.3 is 25.2 Å². The van der Waals surface area contributed by atoms with Crippen molar-refractivity contribution in [2.24, 2.45) is 5.92 Å². The predicted octanol–water partition coefficient (Wildman–Crippen LogP) is 1.95. The first kappa shape index (κ1) is 16.1. The summed E-state index contributed by atoms with van der Waals surface area (Å²) in [6.07, 6.45) is 1.55. The molecule has 3 rings (SSSR count). The van der Waals surface area contributed by atoms with Gasteiger partial charge in [0.15, 0.2) is 0 Å². The van der Waals surface area contributed by atoms with Crippen LogP contribution in [0.25, 0.3) is 0 Å². The van der Waals surface area contributed by atoms with Crippen molar-refractivity contribution in [3.63, 3.8) is 0 Å². The first-order chi connectivity index (χ1) is 11.7. The molecule has 1 aliphatic rings. The molecule has 2 aromatic rings. The Morgan fingerprint density at radius 3 is 3.04 bits per heavy atom. The predicted molar refractivity (Wildman–Crippen MR) is 88.2 cm³/mol. The van der Waals surface area contributed by atoms with Crippen molar-refractivity contribution in [2.45, 2.75) is 6.04 Å². The molecule has 126 valence electrons. The van der Waals surface area contributed by atoms with Crippen molar-refractivity contribution in [1.29, 1.82) is 0 Å². The number of nitrogens with zero attached hydrogens (tertiary/aromatic N) is 1. The molecule has 0 spiro atoms. The average Bonchev–Trinajstić information content (AvgIpc) is 2.62. The number of hydrogen-bond acceptors (Lipinski definition) is 5. The molecule has 0 saturated carbocycles. The van der Waals surface area contributed by atoms with Crippen molar-refractivity contribution in [1.82, 2.24) is 10.3 Å². The third-order valence-corrected chi connectivity index (χ3v) is 3.90. The highest BCUT2D eigenvalue weighted by Gasteiger charge is 2.31. The van der Waals surface area contributed by atoms with Crippen LogP contribution in [0.3, 0.4) is 0 Å². The van der Waals surface area contributed by atoms with E-state index in [9.17, 15) is 9.90 Å². The van der Waals surface area contributed by atoms with Crippen LogP contribution in [-0.4, -0.2) is 36.4 Å². The molecule has 7 heteroatoms. The minimum atomic E-state index is -0.372. The van der Waals surface area contributed by atoms with Crippen LogP contribution in [0, 0.1) is 5.92 Å². The number of rotatable bonds is 4. The maximum Gasteiger partial charge on any atom is 0.319 e. The number of aromatic nitrogens is 1. The lowest BCUT2D eigenvalue weighted by atomic mass is 9.91. The second-order valence-electron chi connectivity index (χ2n) is 5.45. The molecule has 1 aromatic carbocycles. The fourth-order valence-electron chi connectivity index (χ4n) is 2.68. The Morgan fingerprint density at radius 2 is 2.25 bits per heavy atom. The SMILES string of the molecule is COc1cc(NC(=O)N[C@H]2c3ccccc3OC[C@H]2CO)ccn1. The maximum atomic E-state index is 12.3. The van der Waals surface area contributed by atoms with E-state index in [4.69, 9.17) is 9.47 Å². The Labute approximate surface area is 139 Å². The highest BCUT2D eigenvalue weighted by atomic mass is 16.5. The topological polar surface area (TPSA) is 92.7 Å². The zero-order chi connectivity index (χ0) is 16.9. The summed E-state index contributed by atoms with van der Waals surface area (Å²) < 4.78 is 10.7. The summed E-state index contributed by atoms with van der Waals surface area (Å²) in [6.45, 7) is 0.268. The number of amides is 2. The summed E-state index contributed by atoms with van der Waals surface area (Å²) in [4.78, 5) is 16.3. The monoisotopic (exact) mass is 329 g/mol. The molecule has 24 heavy (non-hydrogen) atoms. The fraction of sp³-hybridized carbons (Fsp3) is 0.294. The number of anilines is 1. The number of carbonyl (C=O) groups excluding carboxylic acids is 1. The minimum Gasteiger partial charge on any atom is -0.493 e. The Bertz CT molecular complexity index is 722. The molecule has 2 atom stereocenters. The van der Waals surface area contributed by atoms with Crippen LogP contribution < -0.4 is 20.1 Å². The van der Waals surface area contributed by atoms with Gasteiger partial charge >= 0.3 is 6.03 Å². The average molecular weight is 329 g/mol. The maximum absolute atomic E-state index is 12.3. The van der Waals surface area contributed by atoms with Gasteiger partial charge in [-0.1, -0.05) is 18.2 Å². The number of fused-ring (bicyclic) bond motifs is 1. The second kappa shape index (κ2) is 7.18. The summed E-state index contributed by atoms with van der Waals surface area (Å²) >= 11 is 0. The molecule has 0 radical (unpaired) electrons. The zero-order valence-corrected chi connectivity index (χ0v) is 13.2. The number of hydrogen-bond donors (Lipinski definition) is 3. The van der Waals surface area contributed by atoms with E-state index in [0.29, 0.717) is 18.2 Å². The van der Waals surface area contributed by atoms with Crippen LogP contribution in [0.15, 0.2) is 42.6 Å². The normalized spacial score (nSPS) is 18.9. The van der Waals surface area contributed by atoms with E-state index in [1.165, 1.54) is 7.11 Å².